The Morgan fingerprint density at radius 2 is 1.75 bits per heavy atom. The van der Waals surface area contributed by atoms with Crippen molar-refractivity contribution in [3.63, 3.8) is 0 Å². The van der Waals surface area contributed by atoms with Gasteiger partial charge in [0.2, 0.25) is 0 Å². The van der Waals surface area contributed by atoms with Crippen LogP contribution in [-0.2, 0) is 6.54 Å². The molecule has 1 amide bonds. The molecule has 1 N–H and O–H groups in total. The van der Waals surface area contributed by atoms with Crippen molar-refractivity contribution in [1.29, 1.82) is 0 Å². The van der Waals surface area contributed by atoms with E-state index in [2.05, 4.69) is 10.3 Å². The monoisotopic (exact) mass is 262 g/mol. The minimum absolute atomic E-state index is 0.0764. The first-order valence-electron chi connectivity index (χ1n) is 6.50. The number of aromatic nitrogens is 1. The smallest absolute Gasteiger partial charge is 0.252 e. The van der Waals surface area contributed by atoms with Crippen LogP contribution < -0.4 is 5.32 Å². The van der Waals surface area contributed by atoms with Crippen LogP contribution in [0.25, 0.3) is 10.8 Å². The summed E-state index contributed by atoms with van der Waals surface area (Å²) in [6.07, 6.45) is 1.72. The van der Waals surface area contributed by atoms with Crippen molar-refractivity contribution in [2.24, 2.45) is 0 Å². The summed E-state index contributed by atoms with van der Waals surface area (Å²) >= 11 is 0. The van der Waals surface area contributed by atoms with Gasteiger partial charge in [0, 0.05) is 11.8 Å². The highest BCUT2D eigenvalue weighted by atomic mass is 16.1. The van der Waals surface area contributed by atoms with E-state index >= 15 is 0 Å². The highest BCUT2D eigenvalue weighted by molar-refractivity contribution is 6.06. The van der Waals surface area contributed by atoms with E-state index in [0.717, 1.165) is 16.5 Å². The minimum Gasteiger partial charge on any atom is -0.346 e. The Hall–Kier alpha value is -2.68. The van der Waals surface area contributed by atoms with Crippen LogP contribution in [0.5, 0.6) is 0 Å². The predicted molar refractivity (Wildman–Crippen MR) is 79.4 cm³/mol. The maximum Gasteiger partial charge on any atom is 0.252 e. The summed E-state index contributed by atoms with van der Waals surface area (Å²) in [6.45, 7) is 0.433. The van der Waals surface area contributed by atoms with Gasteiger partial charge in [-0.05, 0) is 29.0 Å². The molecule has 0 aliphatic carbocycles. The number of fused-ring (bicyclic) bond motifs is 1. The molecule has 0 bridgehead atoms. The predicted octanol–water partition coefficient (Wildman–Crippen LogP) is 3.16. The molecular formula is C17H14N2O. The molecule has 3 rings (SSSR count). The van der Waals surface area contributed by atoms with Gasteiger partial charge in [0.05, 0.1) is 12.2 Å². The van der Waals surface area contributed by atoms with Crippen molar-refractivity contribution in [2.45, 2.75) is 6.54 Å². The summed E-state index contributed by atoms with van der Waals surface area (Å²) < 4.78 is 0. The second kappa shape index (κ2) is 5.53. The van der Waals surface area contributed by atoms with Gasteiger partial charge in [-0.1, -0.05) is 42.5 Å². The number of benzene rings is 2. The zero-order valence-electron chi connectivity index (χ0n) is 10.9. The molecule has 3 heteroatoms. The molecule has 3 nitrogen and oxygen atoms in total. The highest BCUT2D eigenvalue weighted by Gasteiger charge is 2.09. The molecule has 0 aliphatic rings. The van der Waals surface area contributed by atoms with Crippen LogP contribution in [0, 0.1) is 0 Å². The first kappa shape index (κ1) is 12.4. The molecule has 3 aromatic rings. The van der Waals surface area contributed by atoms with Gasteiger partial charge >= 0.3 is 0 Å². The molecule has 0 atom stereocenters. The molecule has 1 heterocycles. The van der Waals surface area contributed by atoms with Gasteiger partial charge < -0.3 is 5.32 Å². The molecule has 98 valence electrons. The van der Waals surface area contributed by atoms with Crippen LogP contribution in [0.15, 0.2) is 66.9 Å². The SMILES string of the molecule is O=C(NCc1ccccn1)c1cccc2ccccc12. The van der Waals surface area contributed by atoms with E-state index in [1.807, 2.05) is 60.7 Å². The molecule has 1 aromatic heterocycles. The number of amides is 1. The van der Waals surface area contributed by atoms with Gasteiger partial charge in [-0.25, -0.2) is 0 Å². The van der Waals surface area contributed by atoms with Crippen LogP contribution >= 0.6 is 0 Å². The fraction of sp³-hybridized carbons (Fsp3) is 0.0588. The Balaban J connectivity index is 1.82. The molecule has 0 spiro atoms. The number of hydrogen-bond acceptors (Lipinski definition) is 2. The zero-order valence-corrected chi connectivity index (χ0v) is 10.9. The van der Waals surface area contributed by atoms with Crippen molar-refractivity contribution in [1.82, 2.24) is 10.3 Å². The fourth-order valence-electron chi connectivity index (χ4n) is 2.19. The van der Waals surface area contributed by atoms with Gasteiger partial charge in [0.1, 0.15) is 0 Å². The molecule has 20 heavy (non-hydrogen) atoms. The normalized spacial score (nSPS) is 10.4. The van der Waals surface area contributed by atoms with Crippen LogP contribution in [0.1, 0.15) is 16.1 Å². The maximum absolute atomic E-state index is 12.3. The third-order valence-corrected chi connectivity index (χ3v) is 3.19. The van der Waals surface area contributed by atoms with Gasteiger partial charge in [0.25, 0.3) is 5.91 Å². The third-order valence-electron chi connectivity index (χ3n) is 3.19. The lowest BCUT2D eigenvalue weighted by molar-refractivity contribution is 0.0952. The summed E-state index contributed by atoms with van der Waals surface area (Å²) in [7, 11) is 0. The molecule has 0 radical (unpaired) electrons. The second-order valence-corrected chi connectivity index (χ2v) is 4.53. The second-order valence-electron chi connectivity index (χ2n) is 4.53. The Labute approximate surface area is 117 Å². The van der Waals surface area contributed by atoms with Gasteiger partial charge in [-0.3, -0.25) is 9.78 Å². The molecule has 2 aromatic carbocycles. The summed E-state index contributed by atoms with van der Waals surface area (Å²) in [4.78, 5) is 16.5. The summed E-state index contributed by atoms with van der Waals surface area (Å²) in [5.74, 6) is -0.0764. The third kappa shape index (κ3) is 2.52. The van der Waals surface area contributed by atoms with Gasteiger partial charge in [0.15, 0.2) is 0 Å². The van der Waals surface area contributed by atoms with Crippen LogP contribution in [0.2, 0.25) is 0 Å². The van der Waals surface area contributed by atoms with Gasteiger partial charge in [-0.2, -0.15) is 0 Å². The van der Waals surface area contributed by atoms with Crippen LogP contribution in [-0.4, -0.2) is 10.9 Å². The molecular weight excluding hydrogens is 248 g/mol. The van der Waals surface area contributed by atoms with Gasteiger partial charge in [-0.15, -0.1) is 0 Å². The number of pyridine rings is 1. The van der Waals surface area contributed by atoms with E-state index in [-0.39, 0.29) is 5.91 Å². The average molecular weight is 262 g/mol. The maximum atomic E-state index is 12.3. The lowest BCUT2D eigenvalue weighted by atomic mass is 10.0. The number of carbonyl (C=O) groups excluding carboxylic acids is 1. The Bertz CT molecular complexity index is 733. The topological polar surface area (TPSA) is 42.0 Å². The number of rotatable bonds is 3. The van der Waals surface area contributed by atoms with Crippen molar-refractivity contribution >= 4 is 16.7 Å². The van der Waals surface area contributed by atoms with Crippen molar-refractivity contribution in [3.05, 3.63) is 78.1 Å². The lowest BCUT2D eigenvalue weighted by Crippen LogP contribution is -2.23. The van der Waals surface area contributed by atoms with E-state index in [9.17, 15) is 4.79 Å². The number of nitrogens with one attached hydrogen (secondary N) is 1. The summed E-state index contributed by atoms with van der Waals surface area (Å²) in [6, 6.07) is 19.3. The van der Waals surface area contributed by atoms with E-state index in [4.69, 9.17) is 0 Å². The van der Waals surface area contributed by atoms with E-state index in [0.29, 0.717) is 12.1 Å². The van der Waals surface area contributed by atoms with Crippen molar-refractivity contribution in [3.8, 4) is 0 Å². The zero-order chi connectivity index (χ0) is 13.8. The summed E-state index contributed by atoms with van der Waals surface area (Å²) in [5, 5.41) is 4.94. The van der Waals surface area contributed by atoms with Crippen molar-refractivity contribution in [2.75, 3.05) is 0 Å². The number of nitrogens with zero attached hydrogens (tertiary/aromatic N) is 1. The molecule has 0 aliphatic heterocycles. The van der Waals surface area contributed by atoms with Crippen LogP contribution in [0.3, 0.4) is 0 Å². The number of carbonyl (C=O) groups is 1. The Morgan fingerprint density at radius 1 is 0.950 bits per heavy atom. The van der Waals surface area contributed by atoms with E-state index < -0.39 is 0 Å². The fourth-order valence-corrected chi connectivity index (χ4v) is 2.19. The van der Waals surface area contributed by atoms with Crippen molar-refractivity contribution < 1.29 is 4.79 Å². The number of hydrogen-bond donors (Lipinski definition) is 1. The highest BCUT2D eigenvalue weighted by Crippen LogP contribution is 2.18. The molecule has 0 saturated carbocycles. The average Bonchev–Trinajstić information content (AvgIpc) is 2.53. The van der Waals surface area contributed by atoms with E-state index in [1.165, 1.54) is 0 Å². The van der Waals surface area contributed by atoms with Crippen LogP contribution in [0.4, 0.5) is 0 Å². The first-order chi connectivity index (χ1) is 9.84. The molecule has 0 saturated heterocycles. The first-order valence-corrected chi connectivity index (χ1v) is 6.50. The molecule has 0 fully saturated rings. The standard InChI is InChI=1S/C17H14N2O/c20-17(19-12-14-8-3-4-11-18-14)16-10-5-7-13-6-1-2-9-15(13)16/h1-11H,12H2,(H,19,20). The lowest BCUT2D eigenvalue weighted by Gasteiger charge is -2.07. The van der Waals surface area contributed by atoms with E-state index in [1.54, 1.807) is 6.20 Å². The largest absolute Gasteiger partial charge is 0.346 e. The molecule has 0 unspecified atom stereocenters. The Morgan fingerprint density at radius 3 is 2.60 bits per heavy atom. The summed E-state index contributed by atoms with van der Waals surface area (Å²) in [5.41, 5.74) is 1.54. The Kier molecular flexibility index (Phi) is 3.42. The minimum atomic E-state index is -0.0764. The quantitative estimate of drug-likeness (QED) is 0.787.